The Bertz CT molecular complexity index is 572. The third-order valence-corrected chi connectivity index (χ3v) is 3.28. The number of rotatable bonds is 3. The molecule has 0 radical (unpaired) electrons. The van der Waals surface area contributed by atoms with Gasteiger partial charge in [-0.2, -0.15) is 0 Å². The lowest BCUT2D eigenvalue weighted by atomic mass is 10.2. The van der Waals surface area contributed by atoms with Crippen LogP contribution in [-0.2, 0) is 6.42 Å². The Kier molecular flexibility index (Phi) is 4.19. The molecule has 5 heteroatoms. The van der Waals surface area contributed by atoms with Gasteiger partial charge in [-0.3, -0.25) is 0 Å². The number of nitrogens with two attached hydrogens (primary N) is 1. The van der Waals surface area contributed by atoms with Gasteiger partial charge in [0.05, 0.1) is 5.02 Å². The number of aromatic nitrogens is 2. The zero-order chi connectivity index (χ0) is 13.1. The number of hydrogen-bond acceptors (Lipinski definition) is 3. The zero-order valence-electron chi connectivity index (χ0n) is 9.95. The molecule has 0 bridgehead atoms. The van der Waals surface area contributed by atoms with Gasteiger partial charge in [-0.1, -0.05) is 40.9 Å². The van der Waals surface area contributed by atoms with Gasteiger partial charge in [0.15, 0.2) is 5.82 Å². The average Bonchev–Trinajstić information content (AvgIpc) is 2.28. The van der Waals surface area contributed by atoms with Gasteiger partial charge < -0.3 is 5.73 Å². The molecule has 2 rings (SSSR count). The van der Waals surface area contributed by atoms with Crippen LogP contribution in [0.5, 0.6) is 0 Å². The Labute approximate surface area is 120 Å². The summed E-state index contributed by atoms with van der Waals surface area (Å²) >= 11 is 9.57. The Balaban J connectivity index is 2.49. The van der Waals surface area contributed by atoms with E-state index in [1.165, 1.54) is 0 Å². The van der Waals surface area contributed by atoms with E-state index >= 15 is 0 Å². The first-order valence-electron chi connectivity index (χ1n) is 5.69. The van der Waals surface area contributed by atoms with Crippen LogP contribution >= 0.6 is 27.5 Å². The van der Waals surface area contributed by atoms with Crippen LogP contribution in [-0.4, -0.2) is 9.97 Å². The van der Waals surface area contributed by atoms with Gasteiger partial charge in [0.1, 0.15) is 5.82 Å². The standard InChI is InChI=1S/C13H13BrClN3/c1-2-3-9-7-12(16)18-13(17-9)10-5-4-8(14)6-11(10)15/h4-7H,2-3H2,1H3,(H2,16,17,18). The SMILES string of the molecule is CCCc1cc(N)nc(-c2ccc(Br)cc2Cl)n1. The number of benzene rings is 1. The van der Waals surface area contributed by atoms with Crippen molar-refractivity contribution in [2.75, 3.05) is 5.73 Å². The summed E-state index contributed by atoms with van der Waals surface area (Å²) in [7, 11) is 0. The normalized spacial score (nSPS) is 10.6. The lowest BCUT2D eigenvalue weighted by molar-refractivity contribution is 0.877. The molecule has 0 aliphatic carbocycles. The van der Waals surface area contributed by atoms with E-state index in [4.69, 9.17) is 17.3 Å². The van der Waals surface area contributed by atoms with E-state index < -0.39 is 0 Å². The second-order valence-corrected chi connectivity index (χ2v) is 5.30. The Hall–Kier alpha value is -1.13. The summed E-state index contributed by atoms with van der Waals surface area (Å²) in [5.41, 5.74) is 7.54. The molecular formula is C13H13BrClN3. The van der Waals surface area contributed by atoms with Crippen LogP contribution < -0.4 is 5.73 Å². The minimum absolute atomic E-state index is 0.474. The highest BCUT2D eigenvalue weighted by Crippen LogP contribution is 2.28. The number of hydrogen-bond donors (Lipinski definition) is 1. The highest BCUT2D eigenvalue weighted by molar-refractivity contribution is 9.10. The Morgan fingerprint density at radius 3 is 2.72 bits per heavy atom. The molecule has 0 aliphatic rings. The fourth-order valence-corrected chi connectivity index (χ4v) is 2.45. The summed E-state index contributed by atoms with van der Waals surface area (Å²) in [5.74, 6) is 1.05. The minimum atomic E-state index is 0.474. The number of anilines is 1. The van der Waals surface area contributed by atoms with Crippen molar-refractivity contribution in [2.24, 2.45) is 0 Å². The van der Waals surface area contributed by atoms with Crippen molar-refractivity contribution in [2.45, 2.75) is 19.8 Å². The summed E-state index contributed by atoms with van der Waals surface area (Å²) in [5, 5.41) is 0.609. The first kappa shape index (κ1) is 13.3. The molecule has 3 nitrogen and oxygen atoms in total. The van der Waals surface area contributed by atoms with Crippen LogP contribution in [0.25, 0.3) is 11.4 Å². The number of nitrogen functional groups attached to an aromatic ring is 1. The molecule has 0 atom stereocenters. The lowest BCUT2D eigenvalue weighted by Gasteiger charge is -2.07. The monoisotopic (exact) mass is 325 g/mol. The smallest absolute Gasteiger partial charge is 0.163 e. The molecule has 94 valence electrons. The van der Waals surface area contributed by atoms with Crippen molar-refractivity contribution >= 4 is 33.3 Å². The molecule has 1 aromatic carbocycles. The Morgan fingerprint density at radius 2 is 2.06 bits per heavy atom. The number of halogens is 2. The third kappa shape index (κ3) is 3.00. The molecule has 2 N–H and O–H groups in total. The minimum Gasteiger partial charge on any atom is -0.384 e. The predicted molar refractivity (Wildman–Crippen MR) is 78.6 cm³/mol. The average molecular weight is 327 g/mol. The Morgan fingerprint density at radius 1 is 1.28 bits per heavy atom. The van der Waals surface area contributed by atoms with Gasteiger partial charge in [0.25, 0.3) is 0 Å². The third-order valence-electron chi connectivity index (χ3n) is 2.48. The van der Waals surface area contributed by atoms with Crippen LogP contribution in [0.15, 0.2) is 28.7 Å². The summed E-state index contributed by atoms with van der Waals surface area (Å²) in [6.45, 7) is 2.10. The van der Waals surface area contributed by atoms with E-state index in [0.29, 0.717) is 16.7 Å². The van der Waals surface area contributed by atoms with Crippen LogP contribution in [0.3, 0.4) is 0 Å². The maximum atomic E-state index is 6.19. The van der Waals surface area contributed by atoms with Gasteiger partial charge in [0, 0.05) is 21.8 Å². The van der Waals surface area contributed by atoms with Crippen molar-refractivity contribution in [1.82, 2.24) is 9.97 Å². The fourth-order valence-electron chi connectivity index (χ4n) is 1.69. The highest BCUT2D eigenvalue weighted by atomic mass is 79.9. The lowest BCUT2D eigenvalue weighted by Crippen LogP contribution is -2.00. The molecule has 0 aliphatic heterocycles. The molecular weight excluding hydrogens is 314 g/mol. The molecule has 18 heavy (non-hydrogen) atoms. The second-order valence-electron chi connectivity index (χ2n) is 3.98. The van der Waals surface area contributed by atoms with Gasteiger partial charge >= 0.3 is 0 Å². The summed E-state index contributed by atoms with van der Waals surface area (Å²) in [6.07, 6.45) is 1.90. The molecule has 0 fully saturated rings. The fraction of sp³-hybridized carbons (Fsp3) is 0.231. The zero-order valence-corrected chi connectivity index (χ0v) is 12.3. The van der Waals surface area contributed by atoms with Crippen molar-refractivity contribution < 1.29 is 0 Å². The van der Waals surface area contributed by atoms with E-state index in [1.807, 2.05) is 18.2 Å². The van der Waals surface area contributed by atoms with Gasteiger partial charge in [-0.25, -0.2) is 9.97 Å². The molecule has 1 heterocycles. The van der Waals surface area contributed by atoms with E-state index in [9.17, 15) is 0 Å². The highest BCUT2D eigenvalue weighted by Gasteiger charge is 2.09. The van der Waals surface area contributed by atoms with Crippen molar-refractivity contribution in [1.29, 1.82) is 0 Å². The van der Waals surface area contributed by atoms with Gasteiger partial charge in [0.2, 0.25) is 0 Å². The van der Waals surface area contributed by atoms with Gasteiger partial charge in [-0.15, -0.1) is 0 Å². The topological polar surface area (TPSA) is 51.8 Å². The van der Waals surface area contributed by atoms with Crippen LogP contribution in [0.2, 0.25) is 5.02 Å². The van der Waals surface area contributed by atoms with Crippen molar-refractivity contribution in [3.05, 3.63) is 39.5 Å². The van der Waals surface area contributed by atoms with Crippen LogP contribution in [0.4, 0.5) is 5.82 Å². The van der Waals surface area contributed by atoms with E-state index in [1.54, 1.807) is 6.07 Å². The first-order valence-corrected chi connectivity index (χ1v) is 6.86. The summed E-state index contributed by atoms with van der Waals surface area (Å²) in [6, 6.07) is 7.42. The van der Waals surface area contributed by atoms with Crippen LogP contribution in [0, 0.1) is 0 Å². The van der Waals surface area contributed by atoms with E-state index in [0.717, 1.165) is 28.6 Å². The number of aryl methyl sites for hydroxylation is 1. The molecule has 0 saturated heterocycles. The van der Waals surface area contributed by atoms with Crippen molar-refractivity contribution in [3.8, 4) is 11.4 Å². The maximum Gasteiger partial charge on any atom is 0.163 e. The molecule has 0 saturated carbocycles. The van der Waals surface area contributed by atoms with Crippen LogP contribution in [0.1, 0.15) is 19.0 Å². The van der Waals surface area contributed by atoms with E-state index in [-0.39, 0.29) is 0 Å². The van der Waals surface area contributed by atoms with Crippen molar-refractivity contribution in [3.63, 3.8) is 0 Å². The van der Waals surface area contributed by atoms with Gasteiger partial charge in [-0.05, 0) is 24.6 Å². The predicted octanol–water partition coefficient (Wildman–Crippen LogP) is 4.09. The molecule has 1 aromatic heterocycles. The molecule has 0 spiro atoms. The molecule has 2 aromatic rings. The quantitative estimate of drug-likeness (QED) is 0.924. The second kappa shape index (κ2) is 5.67. The maximum absolute atomic E-state index is 6.19. The first-order chi connectivity index (χ1) is 8.60. The molecule has 0 amide bonds. The van der Waals surface area contributed by atoms with E-state index in [2.05, 4.69) is 32.8 Å². The number of nitrogens with zero attached hydrogens (tertiary/aromatic N) is 2. The molecule has 0 unspecified atom stereocenters. The largest absolute Gasteiger partial charge is 0.384 e. The summed E-state index contributed by atoms with van der Waals surface area (Å²) in [4.78, 5) is 8.74. The summed E-state index contributed by atoms with van der Waals surface area (Å²) < 4.78 is 0.925.